The molecular formula is C20H22FNO3. The van der Waals surface area contributed by atoms with Crippen molar-refractivity contribution in [3.63, 3.8) is 0 Å². The van der Waals surface area contributed by atoms with Crippen LogP contribution in [0.15, 0.2) is 36.4 Å². The second-order valence-corrected chi connectivity index (χ2v) is 6.57. The van der Waals surface area contributed by atoms with Gasteiger partial charge in [0.25, 0.3) is 0 Å². The average molecular weight is 343 g/mol. The minimum absolute atomic E-state index is 0.227. The number of halogens is 1. The molecule has 2 aromatic rings. The Labute approximate surface area is 147 Å². The largest absolute Gasteiger partial charge is 0.497 e. The Morgan fingerprint density at radius 1 is 1.28 bits per heavy atom. The van der Waals surface area contributed by atoms with Crippen molar-refractivity contribution >= 4 is 0 Å². The van der Waals surface area contributed by atoms with E-state index in [4.69, 9.17) is 14.2 Å². The first-order valence-electron chi connectivity index (χ1n) is 8.64. The molecule has 0 spiro atoms. The molecule has 0 radical (unpaired) electrons. The van der Waals surface area contributed by atoms with Crippen molar-refractivity contribution in [2.75, 3.05) is 20.4 Å². The van der Waals surface area contributed by atoms with Crippen LogP contribution in [0, 0.1) is 5.82 Å². The number of hydrogen-bond acceptors (Lipinski definition) is 4. The minimum atomic E-state index is -0.236. The Morgan fingerprint density at radius 3 is 3.08 bits per heavy atom. The zero-order valence-corrected chi connectivity index (χ0v) is 14.3. The Kier molecular flexibility index (Phi) is 4.59. The Bertz CT molecular complexity index is 765. The van der Waals surface area contributed by atoms with Gasteiger partial charge in [-0.25, -0.2) is 4.39 Å². The molecule has 0 N–H and O–H groups in total. The van der Waals surface area contributed by atoms with Gasteiger partial charge in [0.05, 0.1) is 13.7 Å². The van der Waals surface area contributed by atoms with Gasteiger partial charge in [0.2, 0.25) is 0 Å². The Morgan fingerprint density at radius 2 is 2.20 bits per heavy atom. The summed E-state index contributed by atoms with van der Waals surface area (Å²) in [5, 5.41) is 0. The van der Waals surface area contributed by atoms with Crippen molar-refractivity contribution in [3.05, 3.63) is 58.9 Å². The quantitative estimate of drug-likeness (QED) is 0.838. The molecule has 2 aliphatic heterocycles. The molecule has 1 unspecified atom stereocenters. The molecule has 1 atom stereocenters. The summed E-state index contributed by atoms with van der Waals surface area (Å²) in [5.41, 5.74) is 2.93. The zero-order chi connectivity index (χ0) is 17.2. The minimum Gasteiger partial charge on any atom is -0.497 e. The van der Waals surface area contributed by atoms with Crippen molar-refractivity contribution in [2.24, 2.45) is 0 Å². The Hall–Kier alpha value is -2.11. The maximum Gasteiger partial charge on any atom is 0.189 e. The van der Waals surface area contributed by atoms with Gasteiger partial charge in [-0.3, -0.25) is 4.90 Å². The third-order valence-electron chi connectivity index (χ3n) is 4.97. The molecule has 2 heterocycles. The van der Waals surface area contributed by atoms with E-state index >= 15 is 0 Å². The molecule has 2 aliphatic rings. The van der Waals surface area contributed by atoms with Crippen LogP contribution in [-0.4, -0.2) is 25.3 Å². The van der Waals surface area contributed by atoms with Gasteiger partial charge in [0, 0.05) is 23.7 Å². The third kappa shape index (κ3) is 3.34. The first-order valence-corrected chi connectivity index (χ1v) is 8.64. The molecule has 1 fully saturated rings. The van der Waals surface area contributed by atoms with Gasteiger partial charge in [-0.05, 0) is 49.2 Å². The lowest BCUT2D eigenvalue weighted by Crippen LogP contribution is -2.24. The van der Waals surface area contributed by atoms with Crippen LogP contribution in [0.3, 0.4) is 0 Å². The number of ether oxygens (including phenoxy) is 3. The van der Waals surface area contributed by atoms with Crippen molar-refractivity contribution in [1.82, 2.24) is 4.90 Å². The van der Waals surface area contributed by atoms with Gasteiger partial charge < -0.3 is 14.2 Å². The molecule has 0 aromatic heterocycles. The highest BCUT2D eigenvalue weighted by Crippen LogP contribution is 2.37. The molecule has 0 aliphatic carbocycles. The van der Waals surface area contributed by atoms with Gasteiger partial charge in [-0.1, -0.05) is 12.1 Å². The van der Waals surface area contributed by atoms with Gasteiger partial charge in [0.15, 0.2) is 6.79 Å². The molecule has 5 heteroatoms. The van der Waals surface area contributed by atoms with Gasteiger partial charge in [0.1, 0.15) is 17.3 Å². The van der Waals surface area contributed by atoms with Crippen LogP contribution < -0.4 is 9.47 Å². The lowest BCUT2D eigenvalue weighted by Gasteiger charge is -2.28. The highest BCUT2D eigenvalue weighted by molar-refractivity contribution is 5.43. The van der Waals surface area contributed by atoms with Crippen molar-refractivity contribution < 1.29 is 18.6 Å². The Balaban J connectivity index is 1.60. The molecule has 2 aromatic carbocycles. The summed E-state index contributed by atoms with van der Waals surface area (Å²) in [7, 11) is 1.68. The average Bonchev–Trinajstić information content (AvgIpc) is 3.10. The van der Waals surface area contributed by atoms with Crippen molar-refractivity contribution in [2.45, 2.75) is 32.0 Å². The van der Waals surface area contributed by atoms with Gasteiger partial charge in [-0.15, -0.1) is 0 Å². The highest BCUT2D eigenvalue weighted by Gasteiger charge is 2.28. The highest BCUT2D eigenvalue weighted by atomic mass is 19.1. The van der Waals surface area contributed by atoms with Crippen LogP contribution in [0.1, 0.15) is 35.6 Å². The molecular weight excluding hydrogens is 321 g/mol. The van der Waals surface area contributed by atoms with Crippen LogP contribution in [0.4, 0.5) is 4.39 Å². The SMILES string of the molecule is COc1cccc(C2CCCN2Cc2cc(F)cc3c2OCOC3)c1. The summed E-state index contributed by atoms with van der Waals surface area (Å²) in [6.45, 7) is 2.29. The topological polar surface area (TPSA) is 30.9 Å². The predicted molar refractivity (Wildman–Crippen MR) is 92.1 cm³/mol. The molecule has 1 saturated heterocycles. The lowest BCUT2D eigenvalue weighted by atomic mass is 10.0. The number of methoxy groups -OCH3 is 1. The van der Waals surface area contributed by atoms with Crippen LogP contribution in [0.5, 0.6) is 11.5 Å². The van der Waals surface area contributed by atoms with Crippen molar-refractivity contribution in [1.29, 1.82) is 0 Å². The first-order chi connectivity index (χ1) is 12.2. The number of rotatable bonds is 4. The fraction of sp³-hybridized carbons (Fsp3) is 0.400. The van der Waals surface area contributed by atoms with E-state index in [2.05, 4.69) is 17.0 Å². The lowest BCUT2D eigenvalue weighted by molar-refractivity contribution is -0.0177. The summed E-state index contributed by atoms with van der Waals surface area (Å²) in [5.74, 6) is 1.41. The third-order valence-corrected chi connectivity index (χ3v) is 4.97. The number of nitrogens with zero attached hydrogens (tertiary/aromatic N) is 1. The number of fused-ring (bicyclic) bond motifs is 1. The van der Waals surface area contributed by atoms with E-state index in [1.807, 2.05) is 12.1 Å². The zero-order valence-electron chi connectivity index (χ0n) is 14.3. The molecule has 25 heavy (non-hydrogen) atoms. The van der Waals surface area contributed by atoms with Crippen molar-refractivity contribution in [3.8, 4) is 11.5 Å². The van der Waals surface area contributed by atoms with E-state index in [-0.39, 0.29) is 12.6 Å². The molecule has 0 saturated carbocycles. The standard InChI is InChI=1S/C20H22FNO3/c1-23-18-5-2-4-14(10-18)19-6-3-7-22(19)11-15-8-17(21)9-16-12-24-13-25-20(15)16/h2,4-5,8-10,19H,3,6-7,11-13H2,1H3. The molecule has 132 valence electrons. The molecule has 0 bridgehead atoms. The number of likely N-dealkylation sites (tertiary alicyclic amines) is 1. The van der Waals surface area contributed by atoms with E-state index < -0.39 is 0 Å². The number of benzene rings is 2. The van der Waals surface area contributed by atoms with E-state index in [0.29, 0.717) is 19.2 Å². The smallest absolute Gasteiger partial charge is 0.189 e. The summed E-state index contributed by atoms with van der Waals surface area (Å²) in [6, 6.07) is 11.6. The monoisotopic (exact) mass is 343 g/mol. The normalized spacial score (nSPS) is 20.2. The van der Waals surface area contributed by atoms with Gasteiger partial charge in [-0.2, -0.15) is 0 Å². The van der Waals surface area contributed by atoms with Crippen LogP contribution in [0.2, 0.25) is 0 Å². The fourth-order valence-corrected chi connectivity index (χ4v) is 3.83. The molecule has 0 amide bonds. The number of hydrogen-bond donors (Lipinski definition) is 0. The summed E-state index contributed by atoms with van der Waals surface area (Å²) in [4.78, 5) is 2.39. The fourth-order valence-electron chi connectivity index (χ4n) is 3.83. The summed E-state index contributed by atoms with van der Waals surface area (Å²) < 4.78 is 30.3. The van der Waals surface area contributed by atoms with E-state index in [1.165, 1.54) is 11.6 Å². The van der Waals surface area contributed by atoms with E-state index in [0.717, 1.165) is 42.0 Å². The second-order valence-electron chi connectivity index (χ2n) is 6.57. The van der Waals surface area contributed by atoms with Crippen LogP contribution in [0.25, 0.3) is 0 Å². The van der Waals surface area contributed by atoms with E-state index in [1.54, 1.807) is 13.2 Å². The maximum atomic E-state index is 14.0. The van der Waals surface area contributed by atoms with Gasteiger partial charge >= 0.3 is 0 Å². The first kappa shape index (κ1) is 16.4. The molecule has 4 nitrogen and oxygen atoms in total. The molecule has 4 rings (SSSR count). The van der Waals surface area contributed by atoms with Crippen LogP contribution in [-0.2, 0) is 17.9 Å². The maximum absolute atomic E-state index is 14.0. The van der Waals surface area contributed by atoms with Crippen LogP contribution >= 0.6 is 0 Å². The second kappa shape index (κ2) is 7.02. The predicted octanol–water partition coefficient (Wildman–Crippen LogP) is 4.04. The summed E-state index contributed by atoms with van der Waals surface area (Å²) in [6.07, 6.45) is 2.22. The van der Waals surface area contributed by atoms with E-state index in [9.17, 15) is 4.39 Å². The summed E-state index contributed by atoms with van der Waals surface area (Å²) >= 11 is 0.